The van der Waals surface area contributed by atoms with Crippen LogP contribution in [0.15, 0.2) is 6.33 Å². The Bertz CT molecular complexity index is 739. The van der Waals surface area contributed by atoms with Crippen LogP contribution in [0.3, 0.4) is 0 Å². The molecule has 2 N–H and O–H groups in total. The summed E-state index contributed by atoms with van der Waals surface area (Å²) in [7, 11) is -4.82. The predicted molar refractivity (Wildman–Crippen MR) is 75.3 cm³/mol. The molecule has 15 heteroatoms. The van der Waals surface area contributed by atoms with Gasteiger partial charge >= 0.3 is 16.4 Å². The van der Waals surface area contributed by atoms with Crippen molar-refractivity contribution >= 4 is 22.3 Å². The van der Waals surface area contributed by atoms with E-state index < -0.39 is 34.4 Å². The second kappa shape index (κ2) is 6.87. The molecule has 0 saturated carbocycles. The summed E-state index contributed by atoms with van der Waals surface area (Å²) in [6.07, 6.45) is 1.89. The Balaban J connectivity index is 1.51. The Labute approximate surface area is 141 Å². The molecular weight excluding hydrogens is 362 g/mol. The minimum absolute atomic E-state index is 0.0867. The number of nitrogens with zero attached hydrogens (tertiary/aromatic N) is 6. The van der Waals surface area contributed by atoms with Crippen LogP contribution in [-0.4, -0.2) is 80.3 Å². The molecule has 2 aliphatic rings. The molecule has 3 rings (SSSR count). The van der Waals surface area contributed by atoms with E-state index in [2.05, 4.69) is 25.2 Å². The van der Waals surface area contributed by atoms with Gasteiger partial charge in [-0.2, -0.15) is 18.3 Å². The number of hydrogen-bond donors (Lipinski definition) is 2. The number of piperidine rings is 1. The normalized spacial score (nSPS) is 23.2. The zero-order valence-electron chi connectivity index (χ0n) is 12.8. The lowest BCUT2D eigenvalue weighted by Crippen LogP contribution is -2.49. The summed E-state index contributed by atoms with van der Waals surface area (Å²) in [6, 6.07) is -2.20. The van der Waals surface area contributed by atoms with E-state index >= 15 is 0 Å². The van der Waals surface area contributed by atoms with Gasteiger partial charge in [0, 0.05) is 6.54 Å². The molecule has 25 heavy (non-hydrogen) atoms. The maximum Gasteiger partial charge on any atom is 0.418 e. The van der Waals surface area contributed by atoms with E-state index in [1.54, 1.807) is 0 Å². The third kappa shape index (κ3) is 4.01. The number of tetrazole rings is 1. The Morgan fingerprint density at radius 3 is 2.92 bits per heavy atom. The van der Waals surface area contributed by atoms with Crippen molar-refractivity contribution in [2.24, 2.45) is 0 Å². The first-order chi connectivity index (χ1) is 11.8. The second-order valence-corrected chi connectivity index (χ2v) is 6.36. The third-order valence-electron chi connectivity index (χ3n) is 3.76. The smallest absolute Gasteiger partial charge is 0.309 e. The van der Waals surface area contributed by atoms with Gasteiger partial charge in [-0.15, -0.1) is 14.5 Å². The zero-order chi connectivity index (χ0) is 18.0. The first-order valence-electron chi connectivity index (χ1n) is 7.24. The van der Waals surface area contributed by atoms with Crippen molar-refractivity contribution in [1.82, 2.24) is 35.7 Å². The van der Waals surface area contributed by atoms with Crippen molar-refractivity contribution in [2.75, 3.05) is 13.2 Å². The van der Waals surface area contributed by atoms with Crippen LogP contribution in [0.4, 0.5) is 4.79 Å². The summed E-state index contributed by atoms with van der Waals surface area (Å²) in [6.45, 7) is 0.463. The molecule has 3 heterocycles. The molecular formula is C10H15N7O7S. The Morgan fingerprint density at radius 2 is 2.24 bits per heavy atom. The fourth-order valence-electron chi connectivity index (χ4n) is 2.71. The molecule has 0 spiro atoms. The molecule has 138 valence electrons. The molecule has 2 aliphatic heterocycles. The van der Waals surface area contributed by atoms with Crippen LogP contribution in [-0.2, 0) is 30.9 Å². The number of rotatable bonds is 7. The molecule has 2 bridgehead atoms. The predicted octanol–water partition coefficient (Wildman–Crippen LogP) is -2.28. The Morgan fingerprint density at radius 1 is 1.44 bits per heavy atom. The van der Waals surface area contributed by atoms with Crippen LogP contribution in [0, 0.1) is 0 Å². The molecule has 1 aromatic rings. The van der Waals surface area contributed by atoms with Crippen LogP contribution in [0.5, 0.6) is 0 Å². The zero-order valence-corrected chi connectivity index (χ0v) is 13.6. The highest BCUT2D eigenvalue weighted by molar-refractivity contribution is 7.80. The summed E-state index contributed by atoms with van der Waals surface area (Å²) in [5, 5.41) is 11.5. The lowest BCUT2D eigenvalue weighted by Gasteiger charge is -2.28. The Kier molecular flexibility index (Phi) is 4.80. The van der Waals surface area contributed by atoms with Crippen molar-refractivity contribution < 1.29 is 31.7 Å². The molecule has 2 fully saturated rings. The molecule has 2 saturated heterocycles. The number of fused-ring (bicyclic) bond motifs is 2. The van der Waals surface area contributed by atoms with Gasteiger partial charge in [0.05, 0.1) is 19.2 Å². The van der Waals surface area contributed by atoms with E-state index in [0.717, 1.165) is 4.90 Å². The van der Waals surface area contributed by atoms with Crippen LogP contribution < -0.4 is 5.48 Å². The number of amides is 3. The largest absolute Gasteiger partial charge is 0.418 e. The molecule has 0 unspecified atom stereocenters. The summed E-state index contributed by atoms with van der Waals surface area (Å²) < 4.78 is 34.6. The molecule has 0 aliphatic carbocycles. The van der Waals surface area contributed by atoms with Crippen molar-refractivity contribution in [3.05, 3.63) is 6.33 Å². The summed E-state index contributed by atoms with van der Waals surface area (Å²) in [5.74, 6) is -0.549. The molecule has 0 aromatic carbocycles. The maximum atomic E-state index is 12.2. The van der Waals surface area contributed by atoms with Crippen molar-refractivity contribution in [3.8, 4) is 0 Å². The van der Waals surface area contributed by atoms with E-state index in [4.69, 9.17) is 9.39 Å². The van der Waals surface area contributed by atoms with Crippen molar-refractivity contribution in [3.63, 3.8) is 0 Å². The fourth-order valence-corrected chi connectivity index (χ4v) is 3.10. The number of urea groups is 1. The lowest BCUT2D eigenvalue weighted by atomic mass is 10.0. The van der Waals surface area contributed by atoms with Gasteiger partial charge in [0.25, 0.3) is 5.91 Å². The third-order valence-corrected chi connectivity index (χ3v) is 4.11. The van der Waals surface area contributed by atoms with Gasteiger partial charge in [-0.05, 0) is 18.1 Å². The minimum atomic E-state index is -4.82. The number of carbonyl (C=O) groups excluding carboxylic acids is 2. The first kappa shape index (κ1) is 17.5. The summed E-state index contributed by atoms with van der Waals surface area (Å²) in [4.78, 5) is 31.8. The van der Waals surface area contributed by atoms with E-state index in [9.17, 15) is 18.0 Å². The second-order valence-electron chi connectivity index (χ2n) is 5.36. The molecule has 1 aromatic heterocycles. The highest BCUT2D eigenvalue weighted by Gasteiger charge is 2.49. The number of nitrogens with one attached hydrogen (secondary N) is 1. The number of hydroxylamine groups is 3. The number of carbonyl (C=O) groups is 2. The van der Waals surface area contributed by atoms with Gasteiger partial charge < -0.3 is 4.90 Å². The summed E-state index contributed by atoms with van der Waals surface area (Å²) in [5.41, 5.74) is 2.23. The number of hydrogen-bond acceptors (Lipinski definition) is 9. The topological polar surface area (TPSA) is 169 Å². The van der Waals surface area contributed by atoms with Gasteiger partial charge in [0.2, 0.25) is 0 Å². The van der Waals surface area contributed by atoms with E-state index in [1.165, 1.54) is 11.1 Å². The fraction of sp³-hybridized carbons (Fsp3) is 0.700. The van der Waals surface area contributed by atoms with Crippen LogP contribution >= 0.6 is 0 Å². The van der Waals surface area contributed by atoms with Gasteiger partial charge in [-0.25, -0.2) is 10.3 Å². The van der Waals surface area contributed by atoms with Gasteiger partial charge in [-0.3, -0.25) is 14.2 Å². The van der Waals surface area contributed by atoms with Crippen molar-refractivity contribution in [1.29, 1.82) is 0 Å². The quantitative estimate of drug-likeness (QED) is 0.300. The standard InChI is InChI=1S/C10H15N7O7S/c18-9(13-23-4-3-16-12-6-11-14-16)8-2-1-7-5-15(8)10(19)17(7)24-25(20,21)22/h6-8H,1-5H2,(H,13,18)(H,20,21,22)/t7-,8+/m1/s1. The Hall–Kier alpha value is -2.36. The number of aromatic nitrogens is 4. The minimum Gasteiger partial charge on any atom is -0.309 e. The molecule has 3 amide bonds. The monoisotopic (exact) mass is 377 g/mol. The molecule has 14 nitrogen and oxygen atoms in total. The van der Waals surface area contributed by atoms with Gasteiger partial charge in [0.1, 0.15) is 6.04 Å². The van der Waals surface area contributed by atoms with Gasteiger partial charge in [0.15, 0.2) is 6.33 Å². The van der Waals surface area contributed by atoms with E-state index in [-0.39, 0.29) is 19.7 Å². The van der Waals surface area contributed by atoms with Crippen molar-refractivity contribution in [2.45, 2.75) is 31.5 Å². The SMILES string of the molecule is O=C(NOCCn1ncnn1)[C@@H]1CC[C@@H]2CN1C(=O)N2OS(=O)(=O)O. The first-order valence-corrected chi connectivity index (χ1v) is 8.61. The highest BCUT2D eigenvalue weighted by atomic mass is 32.3. The van der Waals surface area contributed by atoms with Crippen LogP contribution in [0.2, 0.25) is 0 Å². The van der Waals surface area contributed by atoms with Gasteiger partial charge in [-0.1, -0.05) is 0 Å². The molecule has 0 radical (unpaired) electrons. The maximum absolute atomic E-state index is 12.2. The van der Waals surface area contributed by atoms with E-state index in [1.807, 2.05) is 0 Å². The van der Waals surface area contributed by atoms with Crippen LogP contribution in [0.25, 0.3) is 0 Å². The molecule has 2 atom stereocenters. The van der Waals surface area contributed by atoms with E-state index in [0.29, 0.717) is 17.9 Å². The van der Waals surface area contributed by atoms with Crippen LogP contribution in [0.1, 0.15) is 12.8 Å². The summed E-state index contributed by atoms with van der Waals surface area (Å²) >= 11 is 0. The highest BCUT2D eigenvalue weighted by Crippen LogP contribution is 2.30. The lowest BCUT2D eigenvalue weighted by molar-refractivity contribution is -0.139. The average Bonchev–Trinajstić information content (AvgIpc) is 3.14. The average molecular weight is 377 g/mol.